The molecule has 0 aliphatic rings. The molecule has 1 aromatic heterocycles. The van der Waals surface area contributed by atoms with Gasteiger partial charge in [0.25, 0.3) is 0 Å². The van der Waals surface area contributed by atoms with Gasteiger partial charge in [-0.05, 0) is 19.1 Å². The monoisotopic (exact) mass is 174 g/mol. The van der Waals surface area contributed by atoms with Crippen LogP contribution in [0.25, 0.3) is 0 Å². The molecule has 0 radical (unpaired) electrons. The van der Waals surface area contributed by atoms with E-state index in [0.29, 0.717) is 6.61 Å². The van der Waals surface area contributed by atoms with Gasteiger partial charge in [0.15, 0.2) is 0 Å². The molecule has 10 heavy (non-hydrogen) atoms. The van der Waals surface area contributed by atoms with Crippen molar-refractivity contribution >= 4 is 20.0 Å². The quantitative estimate of drug-likeness (QED) is 0.658. The first kappa shape index (κ1) is 7.86. The molecule has 0 saturated heterocycles. The minimum Gasteiger partial charge on any atom is -0.289 e. The van der Waals surface area contributed by atoms with Gasteiger partial charge in [-0.15, -0.1) is 11.3 Å². The summed E-state index contributed by atoms with van der Waals surface area (Å²) in [7, 11) is -0.244. The lowest BCUT2D eigenvalue weighted by molar-refractivity contribution is 0.336. The van der Waals surface area contributed by atoms with Crippen molar-refractivity contribution in [3.8, 4) is 0 Å². The third-order valence-electron chi connectivity index (χ3n) is 1.06. The third-order valence-corrected chi connectivity index (χ3v) is 2.26. The van der Waals surface area contributed by atoms with Crippen LogP contribution >= 0.6 is 20.0 Å². The van der Waals surface area contributed by atoms with E-state index in [0.717, 1.165) is 4.88 Å². The second-order valence-electron chi connectivity index (χ2n) is 1.86. The van der Waals surface area contributed by atoms with Crippen LogP contribution in [0.3, 0.4) is 0 Å². The summed E-state index contributed by atoms with van der Waals surface area (Å²) in [6.45, 7) is 2.48. The molecule has 0 unspecified atom stereocenters. The molecule has 2 nitrogen and oxygen atoms in total. The van der Waals surface area contributed by atoms with Crippen molar-refractivity contribution in [2.45, 2.75) is 13.5 Å². The van der Waals surface area contributed by atoms with Gasteiger partial charge in [-0.1, -0.05) is 0 Å². The van der Waals surface area contributed by atoms with E-state index in [4.69, 9.17) is 0 Å². The molecule has 54 valence electrons. The summed E-state index contributed by atoms with van der Waals surface area (Å²) in [5, 5.41) is 0. The number of thiophene rings is 1. The summed E-state index contributed by atoms with van der Waals surface area (Å²) in [6, 6.07) is 4.00. The topological polar surface area (TPSA) is 26.3 Å². The Kier molecular flexibility index (Phi) is 3.00. The molecule has 0 atom stereocenters. The molecule has 0 N–H and O–H groups in total. The number of rotatable bonds is 3. The molecule has 0 spiro atoms. The molecule has 0 amide bonds. The van der Waals surface area contributed by atoms with Crippen molar-refractivity contribution in [3.63, 3.8) is 0 Å². The highest BCUT2D eigenvalue weighted by Gasteiger charge is 1.94. The Morgan fingerprint density at radius 1 is 1.70 bits per heavy atom. The first-order valence-corrected chi connectivity index (χ1v) is 4.37. The van der Waals surface area contributed by atoms with Gasteiger partial charge in [0.1, 0.15) is 0 Å². The van der Waals surface area contributed by atoms with Crippen LogP contribution < -0.4 is 0 Å². The van der Waals surface area contributed by atoms with Gasteiger partial charge in [-0.2, -0.15) is 0 Å². The zero-order valence-electron chi connectivity index (χ0n) is 5.53. The lowest BCUT2D eigenvalue weighted by Gasteiger charge is -1.87. The van der Waals surface area contributed by atoms with Gasteiger partial charge >= 0.3 is 8.69 Å². The average molecular weight is 174 g/mol. The SMILES string of the molecule is Cc1ccc(COP=O)s1. The number of hydrogen-bond donors (Lipinski definition) is 0. The van der Waals surface area contributed by atoms with Crippen molar-refractivity contribution in [2.24, 2.45) is 0 Å². The third kappa shape index (κ3) is 2.18. The molecule has 0 fully saturated rings. The molecule has 0 saturated carbocycles. The lowest BCUT2D eigenvalue weighted by Crippen LogP contribution is -1.74. The summed E-state index contributed by atoms with van der Waals surface area (Å²) in [5.41, 5.74) is 0. The Balaban J connectivity index is 2.49. The predicted octanol–water partition coefficient (Wildman–Crippen LogP) is 2.78. The molecule has 4 heteroatoms. The van der Waals surface area contributed by atoms with Gasteiger partial charge < -0.3 is 0 Å². The van der Waals surface area contributed by atoms with Crippen LogP contribution in [0.5, 0.6) is 0 Å². The first-order valence-electron chi connectivity index (χ1n) is 2.83. The fourth-order valence-electron chi connectivity index (χ4n) is 0.653. The molecule has 0 aliphatic heterocycles. The summed E-state index contributed by atoms with van der Waals surface area (Å²) in [4.78, 5) is 2.36. The van der Waals surface area contributed by atoms with E-state index in [1.807, 2.05) is 19.1 Å². The fourth-order valence-corrected chi connectivity index (χ4v) is 1.74. The summed E-state index contributed by atoms with van der Waals surface area (Å²) in [5.74, 6) is 0. The standard InChI is InChI=1S/C6H7O2PS/c1-5-2-3-6(10-5)4-8-9-7/h2-3H,4H2,1H3. The fraction of sp³-hybridized carbons (Fsp3) is 0.333. The van der Waals surface area contributed by atoms with Crippen LogP contribution in [-0.2, 0) is 15.7 Å². The average Bonchev–Trinajstić information content (AvgIpc) is 2.31. The first-order chi connectivity index (χ1) is 4.83. The molecular formula is C6H7O2PS. The minimum absolute atomic E-state index is 0.244. The van der Waals surface area contributed by atoms with E-state index < -0.39 is 0 Å². The number of aryl methyl sites for hydroxylation is 1. The van der Waals surface area contributed by atoms with Crippen LogP contribution in [0.4, 0.5) is 0 Å². The highest BCUT2D eigenvalue weighted by molar-refractivity contribution is 7.17. The Hall–Kier alpha value is -0.240. The van der Waals surface area contributed by atoms with Gasteiger partial charge in [0.05, 0.1) is 6.61 Å². The van der Waals surface area contributed by atoms with Gasteiger partial charge in [-0.25, -0.2) is 4.57 Å². The second-order valence-corrected chi connectivity index (χ2v) is 3.64. The van der Waals surface area contributed by atoms with Crippen molar-refractivity contribution in [1.82, 2.24) is 0 Å². The van der Waals surface area contributed by atoms with E-state index in [2.05, 4.69) is 4.52 Å². The maximum atomic E-state index is 9.86. The van der Waals surface area contributed by atoms with Gasteiger partial charge in [-0.3, -0.25) is 4.52 Å². The number of hydrogen-bond acceptors (Lipinski definition) is 3. The predicted molar refractivity (Wildman–Crippen MR) is 41.5 cm³/mol. The Labute approximate surface area is 65.1 Å². The zero-order valence-corrected chi connectivity index (χ0v) is 7.24. The summed E-state index contributed by atoms with van der Waals surface area (Å²) >= 11 is 1.66. The lowest BCUT2D eigenvalue weighted by atomic mass is 10.4. The van der Waals surface area contributed by atoms with Crippen LogP contribution in [0.1, 0.15) is 9.75 Å². The highest BCUT2D eigenvalue weighted by Crippen LogP contribution is 2.17. The highest BCUT2D eigenvalue weighted by atomic mass is 32.1. The normalized spacial score (nSPS) is 10.5. The van der Waals surface area contributed by atoms with E-state index >= 15 is 0 Å². The van der Waals surface area contributed by atoms with Crippen molar-refractivity contribution in [3.05, 3.63) is 21.9 Å². The molecule has 0 aromatic carbocycles. The molecular weight excluding hydrogens is 167 g/mol. The molecule has 0 bridgehead atoms. The largest absolute Gasteiger partial charge is 0.327 e. The van der Waals surface area contributed by atoms with Crippen molar-refractivity contribution in [1.29, 1.82) is 0 Å². The van der Waals surface area contributed by atoms with E-state index in [1.165, 1.54) is 4.88 Å². The van der Waals surface area contributed by atoms with Crippen LogP contribution in [0, 0.1) is 6.92 Å². The van der Waals surface area contributed by atoms with Crippen molar-refractivity contribution in [2.75, 3.05) is 0 Å². The summed E-state index contributed by atoms with van der Waals surface area (Å²) in [6.07, 6.45) is 0. The van der Waals surface area contributed by atoms with Crippen molar-refractivity contribution < 1.29 is 9.09 Å². The maximum absolute atomic E-state index is 9.86. The molecule has 0 aliphatic carbocycles. The van der Waals surface area contributed by atoms with Crippen LogP contribution in [0.2, 0.25) is 0 Å². The van der Waals surface area contributed by atoms with E-state index in [1.54, 1.807) is 11.3 Å². The summed E-state index contributed by atoms with van der Waals surface area (Å²) < 4.78 is 14.5. The van der Waals surface area contributed by atoms with E-state index in [-0.39, 0.29) is 8.69 Å². The molecule has 1 aromatic rings. The smallest absolute Gasteiger partial charge is 0.289 e. The Bertz CT molecular complexity index is 221. The Morgan fingerprint density at radius 3 is 3.00 bits per heavy atom. The maximum Gasteiger partial charge on any atom is 0.327 e. The van der Waals surface area contributed by atoms with Crippen LogP contribution in [0.15, 0.2) is 12.1 Å². The molecule has 1 heterocycles. The second kappa shape index (κ2) is 3.81. The van der Waals surface area contributed by atoms with Gasteiger partial charge in [0, 0.05) is 9.75 Å². The molecule has 1 rings (SSSR count). The van der Waals surface area contributed by atoms with E-state index in [9.17, 15) is 4.57 Å². The minimum atomic E-state index is -0.244. The zero-order chi connectivity index (χ0) is 7.40. The van der Waals surface area contributed by atoms with Gasteiger partial charge in [0.2, 0.25) is 0 Å². The van der Waals surface area contributed by atoms with Crippen LogP contribution in [-0.4, -0.2) is 0 Å². The Morgan fingerprint density at radius 2 is 2.50 bits per heavy atom.